The average Bonchev–Trinajstić information content (AvgIpc) is 2.63. The van der Waals surface area contributed by atoms with Crippen molar-refractivity contribution < 1.29 is 9.53 Å². The number of nitrogens with one attached hydrogen (secondary N) is 2. The summed E-state index contributed by atoms with van der Waals surface area (Å²) in [6.07, 6.45) is 0. The quantitative estimate of drug-likeness (QED) is 0.823. The van der Waals surface area contributed by atoms with Crippen LogP contribution in [0.3, 0.4) is 0 Å². The van der Waals surface area contributed by atoms with Gasteiger partial charge in [-0.05, 0) is 50.7 Å². The molecule has 0 aromatic heterocycles. The fraction of sp³-hybridized carbons (Fsp3) is 0.429. The molecule has 1 fully saturated rings. The summed E-state index contributed by atoms with van der Waals surface area (Å²) >= 11 is 5.19. The van der Waals surface area contributed by atoms with Crippen LogP contribution in [0.25, 0.3) is 0 Å². The highest BCUT2D eigenvalue weighted by atomic mass is 32.1. The van der Waals surface area contributed by atoms with E-state index >= 15 is 0 Å². The molecule has 0 spiro atoms. The third-order valence-corrected chi connectivity index (χ3v) is 3.41. The van der Waals surface area contributed by atoms with Gasteiger partial charge >= 0.3 is 6.03 Å². The van der Waals surface area contributed by atoms with Crippen LogP contribution < -0.4 is 15.4 Å². The topological polar surface area (TPSA) is 53.6 Å². The average molecular weight is 293 g/mol. The van der Waals surface area contributed by atoms with Gasteiger partial charge in [0, 0.05) is 0 Å². The van der Waals surface area contributed by atoms with Crippen molar-refractivity contribution in [2.45, 2.75) is 26.3 Å². The maximum Gasteiger partial charge on any atom is 0.328 e. The van der Waals surface area contributed by atoms with Crippen LogP contribution in [0.15, 0.2) is 18.2 Å². The highest BCUT2D eigenvalue weighted by Gasteiger charge is 2.35. The summed E-state index contributed by atoms with van der Waals surface area (Å²) in [6, 6.07) is 5.38. The van der Waals surface area contributed by atoms with Crippen LogP contribution >= 0.6 is 12.2 Å². The lowest BCUT2D eigenvalue weighted by molar-refractivity contribution is 0.233. The van der Waals surface area contributed by atoms with E-state index in [2.05, 4.69) is 10.6 Å². The van der Waals surface area contributed by atoms with Gasteiger partial charge < -0.3 is 15.4 Å². The first kappa shape index (κ1) is 14.6. The van der Waals surface area contributed by atoms with Crippen molar-refractivity contribution in [2.24, 2.45) is 0 Å². The summed E-state index contributed by atoms with van der Waals surface area (Å²) in [5.74, 6) is 0.626. The molecule has 20 heavy (non-hydrogen) atoms. The number of rotatable bonds is 2. The number of urea groups is 1. The summed E-state index contributed by atoms with van der Waals surface area (Å²) in [4.78, 5) is 13.8. The Balaban J connectivity index is 2.16. The van der Waals surface area contributed by atoms with E-state index in [0.717, 1.165) is 5.56 Å². The van der Waals surface area contributed by atoms with Crippen LogP contribution in [-0.4, -0.2) is 35.2 Å². The molecule has 1 aromatic carbocycles. The molecule has 1 aliphatic heterocycles. The Morgan fingerprint density at radius 3 is 2.75 bits per heavy atom. The highest BCUT2D eigenvalue weighted by Crippen LogP contribution is 2.26. The van der Waals surface area contributed by atoms with Crippen LogP contribution in [-0.2, 0) is 0 Å². The van der Waals surface area contributed by atoms with Crippen molar-refractivity contribution in [3.05, 3.63) is 23.8 Å². The Morgan fingerprint density at radius 2 is 2.20 bits per heavy atom. The molecule has 1 heterocycles. The molecule has 108 valence electrons. The van der Waals surface area contributed by atoms with Gasteiger partial charge in [0.05, 0.1) is 24.9 Å². The largest absolute Gasteiger partial charge is 0.495 e. The van der Waals surface area contributed by atoms with Gasteiger partial charge in [0.25, 0.3) is 0 Å². The Morgan fingerprint density at radius 1 is 1.50 bits per heavy atom. The Bertz CT molecular complexity index is 557. The minimum absolute atomic E-state index is 0.203. The fourth-order valence-corrected chi connectivity index (χ4v) is 2.55. The standard InChI is InChI=1S/C14H19N3O2S/c1-9-5-6-11(19-4)10(7-9)15-12(18)17-8-14(2,3)16-13(17)20/h5-7H,8H2,1-4H3,(H,15,18)(H,16,20). The van der Waals surface area contributed by atoms with Gasteiger partial charge in [0.2, 0.25) is 0 Å². The maximum absolute atomic E-state index is 12.3. The first-order valence-electron chi connectivity index (χ1n) is 6.38. The zero-order valence-corrected chi connectivity index (χ0v) is 12.9. The third-order valence-electron chi connectivity index (χ3n) is 3.09. The van der Waals surface area contributed by atoms with Gasteiger partial charge in [-0.1, -0.05) is 6.07 Å². The van der Waals surface area contributed by atoms with Crippen LogP contribution in [0.2, 0.25) is 0 Å². The summed E-state index contributed by atoms with van der Waals surface area (Å²) in [6.45, 7) is 6.49. The predicted octanol–water partition coefficient (Wildman–Crippen LogP) is 2.50. The van der Waals surface area contributed by atoms with Crippen molar-refractivity contribution in [1.82, 2.24) is 10.2 Å². The molecule has 5 nitrogen and oxygen atoms in total. The molecular weight excluding hydrogens is 274 g/mol. The third kappa shape index (κ3) is 3.01. The monoisotopic (exact) mass is 293 g/mol. The first-order valence-corrected chi connectivity index (χ1v) is 6.78. The number of anilines is 1. The zero-order valence-electron chi connectivity index (χ0n) is 12.1. The number of ether oxygens (including phenoxy) is 1. The smallest absolute Gasteiger partial charge is 0.328 e. The molecule has 0 unspecified atom stereocenters. The number of aryl methyl sites for hydroxylation is 1. The normalized spacial score (nSPS) is 16.8. The second-order valence-corrected chi connectivity index (χ2v) is 5.92. The van der Waals surface area contributed by atoms with E-state index in [1.807, 2.05) is 39.0 Å². The number of carbonyl (C=O) groups is 1. The summed E-state index contributed by atoms with van der Waals surface area (Å²) in [7, 11) is 1.57. The number of hydrogen-bond acceptors (Lipinski definition) is 3. The molecule has 0 aliphatic carbocycles. The molecule has 0 radical (unpaired) electrons. The number of amides is 2. The van der Waals surface area contributed by atoms with Crippen LogP contribution in [0.4, 0.5) is 10.5 Å². The van der Waals surface area contributed by atoms with Crippen LogP contribution in [0, 0.1) is 6.92 Å². The number of carbonyl (C=O) groups excluding carboxylic acids is 1. The summed E-state index contributed by atoms with van der Waals surface area (Å²) < 4.78 is 5.25. The van der Waals surface area contributed by atoms with E-state index in [1.165, 1.54) is 4.90 Å². The first-order chi connectivity index (χ1) is 9.32. The summed E-state index contributed by atoms with van der Waals surface area (Å²) in [5, 5.41) is 6.41. The van der Waals surface area contributed by atoms with Gasteiger partial charge in [-0.3, -0.25) is 4.90 Å². The van der Waals surface area contributed by atoms with E-state index < -0.39 is 0 Å². The van der Waals surface area contributed by atoms with Gasteiger partial charge in [-0.25, -0.2) is 4.79 Å². The van der Waals surface area contributed by atoms with E-state index in [4.69, 9.17) is 17.0 Å². The van der Waals surface area contributed by atoms with E-state index in [0.29, 0.717) is 23.1 Å². The van der Waals surface area contributed by atoms with Crippen molar-refractivity contribution in [3.8, 4) is 5.75 Å². The lowest BCUT2D eigenvalue weighted by Gasteiger charge is -2.19. The molecule has 2 amide bonds. The number of nitrogens with zero attached hydrogens (tertiary/aromatic N) is 1. The Labute approximate surface area is 124 Å². The zero-order chi connectivity index (χ0) is 14.9. The predicted molar refractivity (Wildman–Crippen MR) is 83.3 cm³/mol. The lowest BCUT2D eigenvalue weighted by atomic mass is 10.1. The van der Waals surface area contributed by atoms with Crippen LogP contribution in [0.5, 0.6) is 5.75 Å². The van der Waals surface area contributed by atoms with Gasteiger partial charge in [0.15, 0.2) is 5.11 Å². The Kier molecular flexibility index (Phi) is 3.85. The Hall–Kier alpha value is -1.82. The minimum atomic E-state index is -0.253. The minimum Gasteiger partial charge on any atom is -0.495 e. The molecule has 0 atom stereocenters. The fourth-order valence-electron chi connectivity index (χ4n) is 2.13. The molecular formula is C14H19N3O2S. The van der Waals surface area contributed by atoms with E-state index in [9.17, 15) is 4.79 Å². The molecule has 1 aliphatic rings. The SMILES string of the molecule is COc1ccc(C)cc1NC(=O)N1CC(C)(C)NC1=S. The number of thiocarbonyl (C=S) groups is 1. The molecule has 1 aromatic rings. The molecule has 0 saturated carbocycles. The van der Waals surface area contributed by atoms with E-state index in [1.54, 1.807) is 7.11 Å². The van der Waals surface area contributed by atoms with Crippen molar-refractivity contribution in [1.29, 1.82) is 0 Å². The lowest BCUT2D eigenvalue weighted by Crippen LogP contribution is -2.37. The molecule has 6 heteroatoms. The van der Waals surface area contributed by atoms with E-state index in [-0.39, 0.29) is 11.6 Å². The van der Waals surface area contributed by atoms with Gasteiger partial charge in [-0.15, -0.1) is 0 Å². The highest BCUT2D eigenvalue weighted by molar-refractivity contribution is 7.80. The molecule has 2 rings (SSSR count). The van der Waals surface area contributed by atoms with Crippen LogP contribution in [0.1, 0.15) is 19.4 Å². The van der Waals surface area contributed by atoms with Gasteiger partial charge in [0.1, 0.15) is 5.75 Å². The molecule has 1 saturated heterocycles. The molecule has 2 N–H and O–H groups in total. The summed E-state index contributed by atoms with van der Waals surface area (Å²) in [5.41, 5.74) is 1.49. The van der Waals surface area contributed by atoms with Crippen molar-refractivity contribution >= 4 is 29.0 Å². The van der Waals surface area contributed by atoms with Gasteiger partial charge in [-0.2, -0.15) is 0 Å². The number of methoxy groups -OCH3 is 1. The number of hydrogen-bond donors (Lipinski definition) is 2. The second kappa shape index (κ2) is 5.28. The van der Waals surface area contributed by atoms with Crippen molar-refractivity contribution in [3.63, 3.8) is 0 Å². The number of benzene rings is 1. The van der Waals surface area contributed by atoms with Crippen molar-refractivity contribution in [2.75, 3.05) is 19.0 Å². The maximum atomic E-state index is 12.3. The second-order valence-electron chi connectivity index (χ2n) is 5.53. The molecule has 0 bridgehead atoms.